The summed E-state index contributed by atoms with van der Waals surface area (Å²) >= 11 is 0. The van der Waals surface area contributed by atoms with E-state index in [0.717, 1.165) is 11.9 Å². The number of benzene rings is 2. The third kappa shape index (κ3) is 3.49. The highest BCUT2D eigenvalue weighted by Gasteiger charge is 2.20. The zero-order chi connectivity index (χ0) is 18.8. The number of carbonyl (C=O) groups is 2. The van der Waals surface area contributed by atoms with E-state index in [1.807, 2.05) is 23.2 Å². The van der Waals surface area contributed by atoms with Crippen LogP contribution in [-0.4, -0.2) is 34.8 Å². The molecule has 4 rings (SSSR count). The van der Waals surface area contributed by atoms with Crippen molar-refractivity contribution in [3.8, 4) is 0 Å². The standard InChI is InChI=1S/C22H21N3O2/c1-15(26)24-18-6-4-5-17(13-18)22(27)25-11-9-16(10-12-25)20-14-23-21-8-3-2-7-19(20)21/h2-9,13-14,23H,10-12H2,1H3,(H,24,26). The van der Waals surface area contributed by atoms with E-state index < -0.39 is 0 Å². The topological polar surface area (TPSA) is 65.2 Å². The number of nitrogens with zero attached hydrogens (tertiary/aromatic N) is 1. The van der Waals surface area contributed by atoms with Crippen LogP contribution in [-0.2, 0) is 4.79 Å². The fourth-order valence-electron chi connectivity index (χ4n) is 3.55. The number of amides is 2. The van der Waals surface area contributed by atoms with E-state index in [1.165, 1.54) is 23.4 Å². The lowest BCUT2D eigenvalue weighted by molar-refractivity contribution is -0.114. The van der Waals surface area contributed by atoms with Crippen LogP contribution in [0.15, 0.2) is 60.8 Å². The lowest BCUT2D eigenvalue weighted by atomic mass is 9.98. The average Bonchev–Trinajstić information content (AvgIpc) is 3.11. The lowest BCUT2D eigenvalue weighted by Gasteiger charge is -2.26. The van der Waals surface area contributed by atoms with Crippen molar-refractivity contribution in [2.45, 2.75) is 13.3 Å². The minimum atomic E-state index is -0.149. The van der Waals surface area contributed by atoms with Crippen LogP contribution in [0.4, 0.5) is 5.69 Å². The Kier molecular flexibility index (Phi) is 4.50. The quantitative estimate of drug-likeness (QED) is 0.741. The van der Waals surface area contributed by atoms with Crippen molar-refractivity contribution in [3.63, 3.8) is 0 Å². The maximum atomic E-state index is 12.8. The van der Waals surface area contributed by atoms with Crippen LogP contribution in [0.5, 0.6) is 0 Å². The monoisotopic (exact) mass is 359 g/mol. The molecule has 5 nitrogen and oxygen atoms in total. The van der Waals surface area contributed by atoms with Crippen molar-refractivity contribution in [1.82, 2.24) is 9.88 Å². The number of fused-ring (bicyclic) bond motifs is 1. The second kappa shape index (κ2) is 7.11. The molecule has 27 heavy (non-hydrogen) atoms. The average molecular weight is 359 g/mol. The molecule has 0 saturated carbocycles. The molecular formula is C22H21N3O2. The zero-order valence-corrected chi connectivity index (χ0v) is 15.2. The Balaban J connectivity index is 1.51. The summed E-state index contributed by atoms with van der Waals surface area (Å²) in [6.07, 6.45) is 5.00. The van der Waals surface area contributed by atoms with Gasteiger partial charge in [-0.15, -0.1) is 0 Å². The Morgan fingerprint density at radius 2 is 1.96 bits per heavy atom. The van der Waals surface area contributed by atoms with Gasteiger partial charge >= 0.3 is 0 Å². The third-order valence-corrected chi connectivity index (χ3v) is 4.86. The molecule has 5 heteroatoms. The smallest absolute Gasteiger partial charge is 0.254 e. The van der Waals surface area contributed by atoms with E-state index >= 15 is 0 Å². The highest BCUT2D eigenvalue weighted by molar-refractivity contribution is 5.98. The van der Waals surface area contributed by atoms with Gasteiger partial charge in [0.05, 0.1) is 0 Å². The van der Waals surface area contributed by atoms with Crippen molar-refractivity contribution in [2.75, 3.05) is 18.4 Å². The summed E-state index contributed by atoms with van der Waals surface area (Å²) in [5.74, 6) is -0.166. The molecule has 0 radical (unpaired) electrons. The number of rotatable bonds is 3. The third-order valence-electron chi connectivity index (χ3n) is 4.86. The van der Waals surface area contributed by atoms with Crippen LogP contribution in [0, 0.1) is 0 Å². The SMILES string of the molecule is CC(=O)Nc1cccc(C(=O)N2CC=C(c3c[nH]c4ccccc34)CC2)c1. The molecule has 3 aromatic rings. The molecule has 0 atom stereocenters. The first-order valence-corrected chi connectivity index (χ1v) is 9.04. The van der Waals surface area contributed by atoms with Crippen LogP contribution < -0.4 is 5.32 Å². The van der Waals surface area contributed by atoms with E-state index in [9.17, 15) is 9.59 Å². The maximum absolute atomic E-state index is 12.8. The van der Waals surface area contributed by atoms with Gasteiger partial charge < -0.3 is 15.2 Å². The van der Waals surface area contributed by atoms with Crippen LogP contribution in [0.2, 0.25) is 0 Å². The first-order valence-electron chi connectivity index (χ1n) is 9.04. The maximum Gasteiger partial charge on any atom is 0.254 e. The van der Waals surface area contributed by atoms with E-state index in [2.05, 4.69) is 28.5 Å². The molecule has 2 aromatic carbocycles. The Bertz CT molecular complexity index is 1050. The van der Waals surface area contributed by atoms with Gasteiger partial charge in [0.1, 0.15) is 0 Å². The summed E-state index contributed by atoms with van der Waals surface area (Å²) in [5, 5.41) is 3.93. The molecule has 136 valence electrons. The Labute approximate surface area is 157 Å². The molecule has 0 spiro atoms. The van der Waals surface area contributed by atoms with Gasteiger partial charge in [-0.3, -0.25) is 9.59 Å². The molecule has 2 N–H and O–H groups in total. The van der Waals surface area contributed by atoms with Crippen molar-refractivity contribution < 1.29 is 9.59 Å². The van der Waals surface area contributed by atoms with Crippen molar-refractivity contribution in [3.05, 3.63) is 71.9 Å². The number of para-hydroxylation sites is 1. The number of aromatic nitrogens is 1. The van der Waals surface area contributed by atoms with Gasteiger partial charge in [0, 0.05) is 53.9 Å². The van der Waals surface area contributed by atoms with Gasteiger partial charge in [-0.1, -0.05) is 30.3 Å². The summed E-state index contributed by atoms with van der Waals surface area (Å²) in [5.41, 5.74) is 4.83. The molecule has 0 saturated heterocycles. The Hall–Kier alpha value is -3.34. The van der Waals surface area contributed by atoms with Gasteiger partial charge in [0.15, 0.2) is 0 Å². The molecule has 2 heterocycles. The summed E-state index contributed by atoms with van der Waals surface area (Å²) in [7, 11) is 0. The van der Waals surface area contributed by atoms with Crippen molar-refractivity contribution in [1.29, 1.82) is 0 Å². The molecule has 0 fully saturated rings. The van der Waals surface area contributed by atoms with Crippen molar-refractivity contribution >= 4 is 34.0 Å². The fraction of sp³-hybridized carbons (Fsp3) is 0.182. The van der Waals surface area contributed by atoms with E-state index in [4.69, 9.17) is 0 Å². The summed E-state index contributed by atoms with van der Waals surface area (Å²) < 4.78 is 0. The highest BCUT2D eigenvalue weighted by Crippen LogP contribution is 2.29. The molecule has 0 unspecified atom stereocenters. The first-order chi connectivity index (χ1) is 13.1. The number of aromatic amines is 1. The number of hydrogen-bond donors (Lipinski definition) is 2. The van der Waals surface area contributed by atoms with Gasteiger partial charge in [0.25, 0.3) is 5.91 Å². The largest absolute Gasteiger partial charge is 0.361 e. The molecule has 0 bridgehead atoms. The van der Waals surface area contributed by atoms with Gasteiger partial charge in [-0.25, -0.2) is 0 Å². The molecular weight excluding hydrogens is 338 g/mol. The number of nitrogens with one attached hydrogen (secondary N) is 2. The zero-order valence-electron chi connectivity index (χ0n) is 15.2. The van der Waals surface area contributed by atoms with Gasteiger partial charge in [-0.05, 0) is 36.3 Å². The molecule has 1 aromatic heterocycles. The Morgan fingerprint density at radius 3 is 2.74 bits per heavy atom. The first kappa shape index (κ1) is 17.1. The molecule has 1 aliphatic heterocycles. The highest BCUT2D eigenvalue weighted by atomic mass is 16.2. The molecule has 1 aliphatic rings. The number of hydrogen-bond acceptors (Lipinski definition) is 2. The number of carbonyl (C=O) groups excluding carboxylic acids is 2. The minimum absolute atomic E-state index is 0.0172. The molecule has 2 amide bonds. The normalized spacial score (nSPS) is 14.1. The summed E-state index contributed by atoms with van der Waals surface area (Å²) in [6.45, 7) is 2.71. The predicted octanol–water partition coefficient (Wildman–Crippen LogP) is 4.06. The predicted molar refractivity (Wildman–Crippen MR) is 108 cm³/mol. The summed E-state index contributed by atoms with van der Waals surface area (Å²) in [6, 6.07) is 15.3. The van der Waals surface area contributed by atoms with Crippen LogP contribution >= 0.6 is 0 Å². The van der Waals surface area contributed by atoms with Gasteiger partial charge in [-0.2, -0.15) is 0 Å². The second-order valence-corrected chi connectivity index (χ2v) is 6.74. The lowest BCUT2D eigenvalue weighted by Crippen LogP contribution is -2.34. The fourth-order valence-corrected chi connectivity index (χ4v) is 3.55. The van der Waals surface area contributed by atoms with Crippen LogP contribution in [0.1, 0.15) is 29.3 Å². The number of anilines is 1. The van der Waals surface area contributed by atoms with Crippen LogP contribution in [0.3, 0.4) is 0 Å². The number of H-pyrrole nitrogens is 1. The van der Waals surface area contributed by atoms with E-state index in [-0.39, 0.29) is 11.8 Å². The molecule has 0 aliphatic carbocycles. The van der Waals surface area contributed by atoms with Crippen LogP contribution in [0.25, 0.3) is 16.5 Å². The second-order valence-electron chi connectivity index (χ2n) is 6.74. The van der Waals surface area contributed by atoms with Gasteiger partial charge in [0.2, 0.25) is 5.91 Å². The summed E-state index contributed by atoms with van der Waals surface area (Å²) in [4.78, 5) is 29.2. The van der Waals surface area contributed by atoms with E-state index in [0.29, 0.717) is 24.3 Å². The Morgan fingerprint density at radius 1 is 1.11 bits per heavy atom. The van der Waals surface area contributed by atoms with Crippen molar-refractivity contribution in [2.24, 2.45) is 0 Å². The minimum Gasteiger partial charge on any atom is -0.361 e. The van der Waals surface area contributed by atoms with E-state index in [1.54, 1.807) is 24.3 Å².